The van der Waals surface area contributed by atoms with Crippen molar-refractivity contribution < 1.29 is 4.79 Å². The summed E-state index contributed by atoms with van der Waals surface area (Å²) in [5.74, 6) is 2.72. The van der Waals surface area contributed by atoms with Gasteiger partial charge < -0.3 is 10.6 Å². The monoisotopic (exact) mass is 398 g/mol. The number of hydrogen-bond acceptors (Lipinski definition) is 2. The van der Waals surface area contributed by atoms with Crippen molar-refractivity contribution in [1.82, 2.24) is 10.6 Å². The molecule has 6 rings (SSSR count). The Hall–Kier alpha value is -1.32. The Kier molecular flexibility index (Phi) is 5.00. The lowest BCUT2D eigenvalue weighted by Crippen LogP contribution is -2.51. The van der Waals surface area contributed by atoms with Gasteiger partial charge in [0.15, 0.2) is 0 Å². The fourth-order valence-electron chi connectivity index (χ4n) is 6.80. The topological polar surface area (TPSA) is 41.1 Å². The zero-order valence-corrected chi connectivity index (χ0v) is 17.4. The second-order valence-electron chi connectivity index (χ2n) is 9.89. The van der Waals surface area contributed by atoms with E-state index in [1.807, 2.05) is 18.2 Å². The number of carbonyl (C=O) groups is 1. The van der Waals surface area contributed by atoms with E-state index in [0.29, 0.717) is 16.0 Å². The maximum absolute atomic E-state index is 13.0. The Bertz CT molecular complexity index is 757. The maximum Gasteiger partial charge on any atom is 0.252 e. The molecular formula is C24H31ClN2O. The molecule has 0 radical (unpaired) electrons. The molecule has 4 heteroatoms. The first-order chi connectivity index (χ1) is 13.6. The third-order valence-corrected chi connectivity index (χ3v) is 7.97. The van der Waals surface area contributed by atoms with Crippen LogP contribution in [0.3, 0.4) is 0 Å². The fourth-order valence-corrected chi connectivity index (χ4v) is 7.01. The van der Waals surface area contributed by atoms with Crippen molar-refractivity contribution in [3.05, 3.63) is 39.9 Å². The summed E-state index contributed by atoms with van der Waals surface area (Å²) in [5, 5.41) is 7.21. The van der Waals surface area contributed by atoms with Crippen LogP contribution in [0.1, 0.15) is 67.3 Å². The summed E-state index contributed by atoms with van der Waals surface area (Å²) in [6, 6.07) is 5.86. The molecule has 5 fully saturated rings. The number of halogens is 1. The van der Waals surface area contributed by atoms with E-state index >= 15 is 0 Å². The van der Waals surface area contributed by atoms with Crippen molar-refractivity contribution in [2.75, 3.05) is 19.6 Å². The predicted molar refractivity (Wildman–Crippen MR) is 114 cm³/mol. The molecule has 2 N–H and O–H groups in total. The van der Waals surface area contributed by atoms with Crippen LogP contribution in [-0.2, 0) is 0 Å². The van der Waals surface area contributed by atoms with E-state index in [4.69, 9.17) is 11.6 Å². The van der Waals surface area contributed by atoms with Crippen LogP contribution >= 0.6 is 11.6 Å². The number of hydrogen-bond donors (Lipinski definition) is 2. The quantitative estimate of drug-likeness (QED) is 0.744. The molecule has 4 aliphatic carbocycles. The van der Waals surface area contributed by atoms with Gasteiger partial charge >= 0.3 is 0 Å². The average molecular weight is 399 g/mol. The minimum absolute atomic E-state index is 0.00805. The van der Waals surface area contributed by atoms with Crippen LogP contribution < -0.4 is 10.6 Å². The van der Waals surface area contributed by atoms with Crippen LogP contribution in [0.25, 0.3) is 6.08 Å². The molecule has 0 spiro atoms. The third kappa shape index (κ3) is 3.76. The summed E-state index contributed by atoms with van der Waals surface area (Å²) < 4.78 is 0. The second kappa shape index (κ2) is 7.50. The molecular weight excluding hydrogens is 368 g/mol. The van der Waals surface area contributed by atoms with Crippen molar-refractivity contribution in [3.63, 3.8) is 0 Å². The molecule has 1 heterocycles. The Morgan fingerprint density at radius 3 is 2.39 bits per heavy atom. The van der Waals surface area contributed by atoms with Crippen LogP contribution in [-0.4, -0.2) is 25.5 Å². The Balaban J connectivity index is 1.28. The molecule has 150 valence electrons. The summed E-state index contributed by atoms with van der Waals surface area (Å²) >= 11 is 6.40. The normalized spacial score (nSPS) is 33.8. The van der Waals surface area contributed by atoms with Gasteiger partial charge in [0, 0.05) is 6.54 Å². The summed E-state index contributed by atoms with van der Waals surface area (Å²) in [6.07, 6.45) is 12.6. The van der Waals surface area contributed by atoms with E-state index in [1.54, 1.807) is 0 Å². The van der Waals surface area contributed by atoms with Crippen LogP contribution in [0, 0.1) is 23.2 Å². The molecule has 1 aromatic carbocycles. The van der Waals surface area contributed by atoms with Crippen molar-refractivity contribution in [2.24, 2.45) is 23.2 Å². The highest BCUT2D eigenvalue weighted by Gasteiger charge is 2.50. The first-order valence-corrected chi connectivity index (χ1v) is 11.4. The van der Waals surface area contributed by atoms with Crippen LogP contribution in [0.5, 0.6) is 0 Å². The van der Waals surface area contributed by atoms with E-state index in [9.17, 15) is 4.79 Å². The van der Waals surface area contributed by atoms with Crippen molar-refractivity contribution in [1.29, 1.82) is 0 Å². The van der Waals surface area contributed by atoms with Gasteiger partial charge in [-0.2, -0.15) is 0 Å². The highest BCUT2D eigenvalue weighted by Crippen LogP contribution is 2.59. The number of rotatable bonds is 4. The Morgan fingerprint density at radius 2 is 1.75 bits per heavy atom. The summed E-state index contributed by atoms with van der Waals surface area (Å²) in [5.41, 5.74) is 3.50. The van der Waals surface area contributed by atoms with Crippen LogP contribution in [0.15, 0.2) is 23.8 Å². The standard InChI is InChI=1S/C24H31ClN2O/c25-22-2-1-17(7-16-3-5-26-6-4-16)11-21(22)23(28)27-15-24-12-18-8-19(13-24)10-20(9-18)14-24/h1-2,7,11,18-20,26H,3-6,8-10,12-15H2,(H,27,28). The van der Waals surface area contributed by atoms with Gasteiger partial charge in [0.1, 0.15) is 0 Å². The molecule has 0 aromatic heterocycles. The minimum Gasteiger partial charge on any atom is -0.351 e. The predicted octanol–water partition coefficient (Wildman–Crippen LogP) is 5.05. The van der Waals surface area contributed by atoms with E-state index in [0.717, 1.165) is 55.8 Å². The Labute approximate surface area is 173 Å². The molecule has 1 aliphatic heterocycles. The maximum atomic E-state index is 13.0. The lowest BCUT2D eigenvalue weighted by atomic mass is 9.49. The fraction of sp³-hybridized carbons (Fsp3) is 0.625. The van der Waals surface area contributed by atoms with Crippen LogP contribution in [0.4, 0.5) is 0 Å². The number of nitrogens with one attached hydrogen (secondary N) is 2. The zero-order valence-electron chi connectivity index (χ0n) is 16.6. The SMILES string of the molecule is O=C(NCC12CC3CC(CC(C3)C1)C2)c1cc(C=C2CCNCC2)ccc1Cl. The van der Waals surface area contributed by atoms with E-state index < -0.39 is 0 Å². The highest BCUT2D eigenvalue weighted by molar-refractivity contribution is 6.33. The zero-order chi connectivity index (χ0) is 19.1. The molecule has 0 unspecified atom stereocenters. The minimum atomic E-state index is -0.00805. The molecule has 4 saturated carbocycles. The number of carbonyl (C=O) groups excluding carboxylic acids is 1. The molecule has 5 aliphatic rings. The third-order valence-electron chi connectivity index (χ3n) is 7.64. The smallest absolute Gasteiger partial charge is 0.252 e. The van der Waals surface area contributed by atoms with Crippen molar-refractivity contribution in [2.45, 2.75) is 51.4 Å². The van der Waals surface area contributed by atoms with Crippen molar-refractivity contribution in [3.8, 4) is 0 Å². The van der Waals surface area contributed by atoms with Gasteiger partial charge in [0.25, 0.3) is 5.91 Å². The van der Waals surface area contributed by atoms with Gasteiger partial charge in [-0.3, -0.25) is 4.79 Å². The summed E-state index contributed by atoms with van der Waals surface area (Å²) in [7, 11) is 0. The van der Waals surface area contributed by atoms with E-state index in [1.165, 1.54) is 44.1 Å². The van der Waals surface area contributed by atoms with E-state index in [2.05, 4.69) is 16.7 Å². The summed E-state index contributed by atoms with van der Waals surface area (Å²) in [4.78, 5) is 13.0. The van der Waals surface area contributed by atoms with E-state index in [-0.39, 0.29) is 5.91 Å². The van der Waals surface area contributed by atoms with Gasteiger partial charge in [-0.25, -0.2) is 0 Å². The number of amides is 1. The van der Waals surface area contributed by atoms with Gasteiger partial charge in [-0.05, 0) is 105 Å². The molecule has 3 nitrogen and oxygen atoms in total. The molecule has 1 saturated heterocycles. The molecule has 1 aromatic rings. The molecule has 0 atom stereocenters. The number of benzene rings is 1. The van der Waals surface area contributed by atoms with Gasteiger partial charge in [-0.15, -0.1) is 0 Å². The lowest BCUT2D eigenvalue weighted by molar-refractivity contribution is -0.0503. The lowest BCUT2D eigenvalue weighted by Gasteiger charge is -2.56. The number of piperidine rings is 1. The second-order valence-corrected chi connectivity index (χ2v) is 10.3. The van der Waals surface area contributed by atoms with Crippen molar-refractivity contribution >= 4 is 23.6 Å². The molecule has 4 bridgehead atoms. The van der Waals surface area contributed by atoms with Gasteiger partial charge in [-0.1, -0.05) is 29.3 Å². The highest BCUT2D eigenvalue weighted by atomic mass is 35.5. The summed E-state index contributed by atoms with van der Waals surface area (Å²) in [6.45, 7) is 2.90. The first-order valence-electron chi connectivity index (χ1n) is 11.1. The Morgan fingerprint density at radius 1 is 1.11 bits per heavy atom. The average Bonchev–Trinajstić information content (AvgIpc) is 2.67. The molecule has 1 amide bonds. The largest absolute Gasteiger partial charge is 0.351 e. The molecule has 28 heavy (non-hydrogen) atoms. The van der Waals surface area contributed by atoms with Gasteiger partial charge in [0.05, 0.1) is 10.6 Å². The first kappa shape index (κ1) is 18.7. The van der Waals surface area contributed by atoms with Crippen LogP contribution in [0.2, 0.25) is 5.02 Å². The van der Waals surface area contributed by atoms with Gasteiger partial charge in [0.2, 0.25) is 0 Å².